The summed E-state index contributed by atoms with van der Waals surface area (Å²) in [5, 5.41) is 15.7. The Bertz CT molecular complexity index is 924. The van der Waals surface area contributed by atoms with Crippen LogP contribution in [0.25, 0.3) is 11.1 Å². The molecule has 2 heterocycles. The van der Waals surface area contributed by atoms with E-state index in [1.165, 1.54) is 5.56 Å². The first kappa shape index (κ1) is 17.8. The maximum Gasteiger partial charge on any atom is 0.247 e. The lowest BCUT2D eigenvalue weighted by molar-refractivity contribution is -0.117. The molecule has 7 nitrogen and oxygen atoms in total. The van der Waals surface area contributed by atoms with Crippen LogP contribution in [0.5, 0.6) is 0 Å². The number of anilines is 1. The topological polar surface area (TPSA) is 77.6 Å². The molecule has 7 heteroatoms. The Labute approximate surface area is 153 Å². The van der Waals surface area contributed by atoms with Gasteiger partial charge in [0.1, 0.15) is 6.54 Å². The molecule has 136 valence electrons. The Balaban J connectivity index is 1.75. The van der Waals surface area contributed by atoms with Crippen molar-refractivity contribution >= 4 is 11.7 Å². The molecule has 0 aliphatic rings. The number of nitrogens with zero attached hydrogens (tertiary/aromatic N) is 5. The second-order valence-electron chi connectivity index (χ2n) is 6.45. The van der Waals surface area contributed by atoms with Crippen molar-refractivity contribution in [3.05, 3.63) is 47.4 Å². The first-order valence-corrected chi connectivity index (χ1v) is 8.79. The van der Waals surface area contributed by atoms with E-state index in [2.05, 4.69) is 52.7 Å². The van der Waals surface area contributed by atoms with Gasteiger partial charge in [0, 0.05) is 11.3 Å². The highest BCUT2D eigenvalue weighted by atomic mass is 16.2. The summed E-state index contributed by atoms with van der Waals surface area (Å²) in [7, 11) is 0. The van der Waals surface area contributed by atoms with Crippen LogP contribution in [0.2, 0.25) is 0 Å². The molecule has 2 aromatic heterocycles. The van der Waals surface area contributed by atoms with Crippen molar-refractivity contribution in [3.8, 4) is 11.1 Å². The highest BCUT2D eigenvalue weighted by Crippen LogP contribution is 2.27. The van der Waals surface area contributed by atoms with E-state index in [1.54, 1.807) is 15.7 Å². The number of amides is 1. The third-order valence-electron chi connectivity index (χ3n) is 4.21. The molecule has 1 N–H and O–H groups in total. The molecule has 0 atom stereocenters. The Morgan fingerprint density at radius 1 is 1.19 bits per heavy atom. The van der Waals surface area contributed by atoms with E-state index < -0.39 is 0 Å². The summed E-state index contributed by atoms with van der Waals surface area (Å²) < 4.78 is 1.73. The molecule has 3 rings (SSSR count). The molecule has 0 bridgehead atoms. The third kappa shape index (κ3) is 3.82. The summed E-state index contributed by atoms with van der Waals surface area (Å²) in [4.78, 5) is 13.9. The van der Waals surface area contributed by atoms with Crippen molar-refractivity contribution in [1.82, 2.24) is 24.8 Å². The van der Waals surface area contributed by atoms with Crippen LogP contribution in [0.3, 0.4) is 0 Å². The van der Waals surface area contributed by atoms with Crippen LogP contribution in [0.1, 0.15) is 30.3 Å². The summed E-state index contributed by atoms with van der Waals surface area (Å²) in [6.45, 7) is 8.94. The van der Waals surface area contributed by atoms with Crippen molar-refractivity contribution < 1.29 is 4.79 Å². The fourth-order valence-electron chi connectivity index (χ4n) is 3.05. The number of carbonyl (C=O) groups excluding carboxylic acids is 1. The average molecular weight is 352 g/mol. The molecule has 1 aromatic carbocycles. The molecule has 3 aromatic rings. The lowest BCUT2D eigenvalue weighted by Crippen LogP contribution is -2.20. The number of hydrogen-bond acceptors (Lipinski definition) is 4. The molecular weight excluding hydrogens is 328 g/mol. The van der Waals surface area contributed by atoms with Crippen LogP contribution >= 0.6 is 0 Å². The summed E-state index contributed by atoms with van der Waals surface area (Å²) in [5.41, 5.74) is 5.28. The minimum absolute atomic E-state index is 0.138. The van der Waals surface area contributed by atoms with Crippen molar-refractivity contribution in [2.75, 3.05) is 5.32 Å². The van der Waals surface area contributed by atoms with Gasteiger partial charge in [0.25, 0.3) is 0 Å². The van der Waals surface area contributed by atoms with E-state index in [-0.39, 0.29) is 12.5 Å². The van der Waals surface area contributed by atoms with Crippen LogP contribution in [0, 0.1) is 20.8 Å². The maximum absolute atomic E-state index is 12.4. The van der Waals surface area contributed by atoms with Gasteiger partial charge < -0.3 is 5.32 Å². The first-order chi connectivity index (χ1) is 12.5. The monoisotopic (exact) mass is 352 g/mol. The fourth-order valence-corrected chi connectivity index (χ4v) is 3.05. The average Bonchev–Trinajstić information content (AvgIpc) is 3.12. The van der Waals surface area contributed by atoms with E-state index in [9.17, 15) is 4.79 Å². The molecule has 0 saturated heterocycles. The van der Waals surface area contributed by atoms with Crippen molar-refractivity contribution in [2.24, 2.45) is 0 Å². The number of benzene rings is 1. The van der Waals surface area contributed by atoms with Gasteiger partial charge in [-0.15, -0.1) is 5.10 Å². The standard InChI is InChI=1S/C19H24N6O/c1-5-9-25-20-11-17(23-25)21-18(26)12-24-15(4)19(14(3)22-24)16-8-6-7-13(2)10-16/h6-8,10-11H,5,9,12H2,1-4H3,(H,21,23,26). The van der Waals surface area contributed by atoms with Gasteiger partial charge in [-0.1, -0.05) is 36.8 Å². The van der Waals surface area contributed by atoms with Gasteiger partial charge in [-0.25, -0.2) is 0 Å². The summed E-state index contributed by atoms with van der Waals surface area (Å²) >= 11 is 0. The molecule has 26 heavy (non-hydrogen) atoms. The molecule has 0 aliphatic carbocycles. The Morgan fingerprint density at radius 3 is 2.73 bits per heavy atom. The van der Waals surface area contributed by atoms with Crippen LogP contribution < -0.4 is 5.32 Å². The minimum atomic E-state index is -0.171. The molecule has 0 unspecified atom stereocenters. The van der Waals surface area contributed by atoms with Crippen LogP contribution in [0.4, 0.5) is 5.82 Å². The largest absolute Gasteiger partial charge is 0.306 e. The molecule has 0 radical (unpaired) electrons. The summed E-state index contributed by atoms with van der Waals surface area (Å²) in [6.07, 6.45) is 2.50. The summed E-state index contributed by atoms with van der Waals surface area (Å²) in [6, 6.07) is 8.30. The number of aromatic nitrogens is 5. The molecule has 0 aliphatic heterocycles. The third-order valence-corrected chi connectivity index (χ3v) is 4.21. The molecule has 0 saturated carbocycles. The number of aryl methyl sites for hydroxylation is 3. The lowest BCUT2D eigenvalue weighted by atomic mass is 10.0. The van der Waals surface area contributed by atoms with Gasteiger partial charge >= 0.3 is 0 Å². The fraction of sp³-hybridized carbons (Fsp3) is 0.368. The van der Waals surface area contributed by atoms with Crippen molar-refractivity contribution in [2.45, 2.75) is 47.2 Å². The van der Waals surface area contributed by atoms with E-state index in [1.807, 2.05) is 19.9 Å². The van der Waals surface area contributed by atoms with Gasteiger partial charge in [-0.2, -0.15) is 15.0 Å². The van der Waals surface area contributed by atoms with Crippen molar-refractivity contribution in [1.29, 1.82) is 0 Å². The van der Waals surface area contributed by atoms with Gasteiger partial charge in [0.15, 0.2) is 5.82 Å². The number of rotatable bonds is 6. The SMILES string of the molecule is CCCn1ncc(NC(=O)Cn2nc(C)c(-c3cccc(C)c3)c2C)n1. The van der Waals surface area contributed by atoms with Gasteiger partial charge in [-0.3, -0.25) is 9.48 Å². The zero-order chi connectivity index (χ0) is 18.7. The van der Waals surface area contributed by atoms with Crippen LogP contribution in [0.15, 0.2) is 30.5 Å². The quantitative estimate of drug-likeness (QED) is 0.739. The second-order valence-corrected chi connectivity index (χ2v) is 6.45. The smallest absolute Gasteiger partial charge is 0.247 e. The van der Waals surface area contributed by atoms with Crippen LogP contribution in [-0.2, 0) is 17.9 Å². The second kappa shape index (κ2) is 7.51. The number of hydrogen-bond donors (Lipinski definition) is 1. The van der Waals surface area contributed by atoms with Crippen LogP contribution in [-0.4, -0.2) is 30.7 Å². The number of nitrogens with one attached hydrogen (secondary N) is 1. The van der Waals surface area contributed by atoms with E-state index in [0.717, 1.165) is 35.5 Å². The lowest BCUT2D eigenvalue weighted by Gasteiger charge is -2.06. The zero-order valence-corrected chi connectivity index (χ0v) is 15.7. The van der Waals surface area contributed by atoms with E-state index >= 15 is 0 Å². The van der Waals surface area contributed by atoms with Gasteiger partial charge in [-0.05, 0) is 32.8 Å². The van der Waals surface area contributed by atoms with Gasteiger partial charge in [0.2, 0.25) is 5.91 Å². The van der Waals surface area contributed by atoms with Gasteiger partial charge in [0.05, 0.1) is 18.4 Å². The number of carbonyl (C=O) groups is 1. The highest BCUT2D eigenvalue weighted by molar-refractivity contribution is 5.89. The molecule has 0 fully saturated rings. The zero-order valence-electron chi connectivity index (χ0n) is 15.7. The Kier molecular flexibility index (Phi) is 5.16. The van der Waals surface area contributed by atoms with Crippen molar-refractivity contribution in [3.63, 3.8) is 0 Å². The minimum Gasteiger partial charge on any atom is -0.306 e. The normalized spacial score (nSPS) is 10.9. The molecular formula is C19H24N6O. The molecule has 0 spiro atoms. The Morgan fingerprint density at radius 2 is 2.00 bits per heavy atom. The predicted molar refractivity (Wildman–Crippen MR) is 101 cm³/mol. The highest BCUT2D eigenvalue weighted by Gasteiger charge is 2.16. The molecule has 1 amide bonds. The summed E-state index contributed by atoms with van der Waals surface area (Å²) in [5.74, 6) is 0.291. The maximum atomic E-state index is 12.4. The van der Waals surface area contributed by atoms with E-state index in [0.29, 0.717) is 5.82 Å². The first-order valence-electron chi connectivity index (χ1n) is 8.79. The van der Waals surface area contributed by atoms with E-state index in [4.69, 9.17) is 0 Å². The predicted octanol–water partition coefficient (Wildman–Crippen LogP) is 3.12. The Hall–Kier alpha value is -2.96.